The van der Waals surface area contributed by atoms with E-state index in [1.807, 2.05) is 60.8 Å². The van der Waals surface area contributed by atoms with Gasteiger partial charge < -0.3 is 14.5 Å². The van der Waals surface area contributed by atoms with Crippen LogP contribution in [-0.2, 0) is 9.53 Å². The Hall–Kier alpha value is -2.92. The van der Waals surface area contributed by atoms with Gasteiger partial charge in [-0.15, -0.1) is 0 Å². The molecule has 0 saturated carbocycles. The van der Waals surface area contributed by atoms with E-state index in [1.165, 1.54) is 0 Å². The monoisotopic (exact) mass is 348 g/mol. The van der Waals surface area contributed by atoms with Crippen LogP contribution in [0.1, 0.15) is 23.3 Å². The highest BCUT2D eigenvalue weighted by atomic mass is 16.5. The minimum atomic E-state index is -0.596. The number of benzene rings is 1. The summed E-state index contributed by atoms with van der Waals surface area (Å²) in [6, 6.07) is 17.3. The third kappa shape index (κ3) is 3.13. The molecule has 1 saturated heterocycles. The summed E-state index contributed by atoms with van der Waals surface area (Å²) in [5, 5.41) is 2.73. The summed E-state index contributed by atoms with van der Waals surface area (Å²) in [7, 11) is 0. The van der Waals surface area contributed by atoms with E-state index < -0.39 is 11.7 Å². The second kappa shape index (κ2) is 7.14. The number of hydrogen-bond donors (Lipinski definition) is 1. The smallest absolute Gasteiger partial charge is 0.294 e. The van der Waals surface area contributed by atoms with Crippen molar-refractivity contribution in [2.24, 2.45) is 0 Å². The van der Waals surface area contributed by atoms with Crippen molar-refractivity contribution in [2.75, 3.05) is 13.2 Å². The lowest BCUT2D eigenvalue weighted by Gasteiger charge is -2.11. The number of fused-ring (bicyclic) bond motifs is 1. The summed E-state index contributed by atoms with van der Waals surface area (Å²) in [5.41, 5.74) is 2.93. The summed E-state index contributed by atoms with van der Waals surface area (Å²) in [6.45, 7) is 1.09. The molecule has 1 amide bonds. The predicted molar refractivity (Wildman–Crippen MR) is 99.1 cm³/mol. The number of amides is 1. The Labute approximate surface area is 151 Å². The number of nitrogens with one attached hydrogen (secondary N) is 1. The SMILES string of the molecule is O=C(NC[C@@H]1CCCO1)C(=O)c1c(-c2ccccc2)cc2ccccn12. The molecule has 0 bridgehead atoms. The molecule has 132 valence electrons. The minimum absolute atomic E-state index is 0.00408. The molecule has 1 N–H and O–H groups in total. The average molecular weight is 348 g/mol. The molecule has 1 aliphatic heterocycles. The van der Waals surface area contributed by atoms with Gasteiger partial charge in [-0.3, -0.25) is 9.59 Å². The van der Waals surface area contributed by atoms with Gasteiger partial charge in [0.05, 0.1) is 6.10 Å². The maximum atomic E-state index is 12.9. The maximum absolute atomic E-state index is 12.9. The second-order valence-electron chi connectivity index (χ2n) is 6.44. The first-order valence-electron chi connectivity index (χ1n) is 8.83. The number of rotatable bonds is 5. The first-order chi connectivity index (χ1) is 12.7. The van der Waals surface area contributed by atoms with Crippen LogP contribution in [0, 0.1) is 0 Å². The van der Waals surface area contributed by atoms with E-state index in [1.54, 1.807) is 4.40 Å². The van der Waals surface area contributed by atoms with Crippen LogP contribution >= 0.6 is 0 Å². The zero-order valence-corrected chi connectivity index (χ0v) is 14.4. The van der Waals surface area contributed by atoms with Crippen LogP contribution in [0.5, 0.6) is 0 Å². The highest BCUT2D eigenvalue weighted by Crippen LogP contribution is 2.28. The van der Waals surface area contributed by atoms with Gasteiger partial charge >= 0.3 is 0 Å². The number of ether oxygens (including phenoxy) is 1. The Balaban J connectivity index is 1.67. The maximum Gasteiger partial charge on any atom is 0.294 e. The molecule has 1 aromatic carbocycles. The van der Waals surface area contributed by atoms with E-state index >= 15 is 0 Å². The molecular weight excluding hydrogens is 328 g/mol. The lowest BCUT2D eigenvalue weighted by molar-refractivity contribution is -0.117. The van der Waals surface area contributed by atoms with E-state index in [9.17, 15) is 9.59 Å². The molecule has 0 unspecified atom stereocenters. The summed E-state index contributed by atoms with van der Waals surface area (Å²) in [5.74, 6) is -1.13. The first kappa shape index (κ1) is 16.5. The average Bonchev–Trinajstić information content (AvgIpc) is 3.33. The highest BCUT2D eigenvalue weighted by molar-refractivity contribution is 6.43. The Kier molecular flexibility index (Phi) is 4.54. The molecule has 3 aromatic rings. The molecule has 1 aliphatic rings. The lowest BCUT2D eigenvalue weighted by Crippen LogP contribution is -2.37. The molecule has 2 aromatic heterocycles. The van der Waals surface area contributed by atoms with Crippen LogP contribution in [-0.4, -0.2) is 35.3 Å². The Morgan fingerprint density at radius 1 is 1.12 bits per heavy atom. The number of hydrogen-bond acceptors (Lipinski definition) is 3. The number of aromatic nitrogens is 1. The number of nitrogens with zero attached hydrogens (tertiary/aromatic N) is 1. The Morgan fingerprint density at radius 2 is 1.92 bits per heavy atom. The van der Waals surface area contributed by atoms with Gasteiger partial charge in [-0.1, -0.05) is 36.4 Å². The van der Waals surface area contributed by atoms with Crippen LogP contribution in [0.15, 0.2) is 60.8 Å². The molecule has 5 nitrogen and oxygen atoms in total. The fourth-order valence-corrected chi connectivity index (χ4v) is 3.39. The number of pyridine rings is 1. The molecule has 4 rings (SSSR count). The standard InChI is InChI=1S/C21H20N2O3/c24-20(21(25)22-14-17-10-6-12-26-17)19-18(15-7-2-1-3-8-15)13-16-9-4-5-11-23(16)19/h1-5,7-9,11,13,17H,6,10,12,14H2,(H,22,25)/t17-/m0/s1. The van der Waals surface area contributed by atoms with Crippen LogP contribution in [0.4, 0.5) is 0 Å². The molecule has 0 spiro atoms. The largest absolute Gasteiger partial charge is 0.376 e. The van der Waals surface area contributed by atoms with Gasteiger partial charge in [-0.05, 0) is 36.6 Å². The van der Waals surface area contributed by atoms with Gasteiger partial charge in [0.2, 0.25) is 0 Å². The van der Waals surface area contributed by atoms with E-state index in [4.69, 9.17) is 4.74 Å². The van der Waals surface area contributed by atoms with E-state index in [0.29, 0.717) is 12.2 Å². The van der Waals surface area contributed by atoms with Crippen molar-refractivity contribution in [1.82, 2.24) is 9.72 Å². The van der Waals surface area contributed by atoms with Crippen molar-refractivity contribution in [1.29, 1.82) is 0 Å². The predicted octanol–water partition coefficient (Wildman–Crippen LogP) is 3.08. The zero-order valence-electron chi connectivity index (χ0n) is 14.4. The van der Waals surface area contributed by atoms with E-state index in [2.05, 4.69) is 5.32 Å². The molecular formula is C21H20N2O3. The second-order valence-corrected chi connectivity index (χ2v) is 6.44. The third-order valence-corrected chi connectivity index (χ3v) is 4.70. The zero-order chi connectivity index (χ0) is 17.9. The van der Waals surface area contributed by atoms with Crippen molar-refractivity contribution >= 4 is 17.2 Å². The summed E-state index contributed by atoms with van der Waals surface area (Å²) < 4.78 is 7.28. The first-order valence-corrected chi connectivity index (χ1v) is 8.83. The number of carbonyl (C=O) groups is 2. The van der Waals surface area contributed by atoms with Crippen LogP contribution in [0.3, 0.4) is 0 Å². The van der Waals surface area contributed by atoms with Crippen LogP contribution < -0.4 is 5.32 Å². The van der Waals surface area contributed by atoms with Crippen molar-refractivity contribution in [3.8, 4) is 11.1 Å². The Morgan fingerprint density at radius 3 is 2.69 bits per heavy atom. The molecule has 5 heteroatoms. The van der Waals surface area contributed by atoms with Gasteiger partial charge in [-0.25, -0.2) is 0 Å². The van der Waals surface area contributed by atoms with Crippen molar-refractivity contribution < 1.29 is 14.3 Å². The van der Waals surface area contributed by atoms with E-state index in [-0.39, 0.29) is 6.10 Å². The summed E-state index contributed by atoms with van der Waals surface area (Å²) >= 11 is 0. The summed E-state index contributed by atoms with van der Waals surface area (Å²) in [4.78, 5) is 25.4. The van der Waals surface area contributed by atoms with Crippen molar-refractivity contribution in [3.05, 3.63) is 66.5 Å². The molecule has 1 atom stereocenters. The van der Waals surface area contributed by atoms with Crippen LogP contribution in [0.25, 0.3) is 16.6 Å². The van der Waals surface area contributed by atoms with Crippen molar-refractivity contribution in [2.45, 2.75) is 18.9 Å². The fraction of sp³-hybridized carbons (Fsp3) is 0.238. The molecule has 0 radical (unpaired) electrons. The normalized spacial score (nSPS) is 16.7. The van der Waals surface area contributed by atoms with Crippen molar-refractivity contribution in [3.63, 3.8) is 0 Å². The molecule has 26 heavy (non-hydrogen) atoms. The summed E-state index contributed by atoms with van der Waals surface area (Å²) in [6.07, 6.45) is 3.72. The number of ketones is 1. The van der Waals surface area contributed by atoms with Gasteiger partial charge in [0.15, 0.2) is 0 Å². The molecule has 3 heterocycles. The van der Waals surface area contributed by atoms with Gasteiger partial charge in [0.1, 0.15) is 5.69 Å². The van der Waals surface area contributed by atoms with E-state index in [0.717, 1.165) is 36.1 Å². The quantitative estimate of drug-likeness (QED) is 0.569. The number of Topliss-reactive ketones (excluding diaryl/α,β-unsaturated/α-hetero) is 1. The molecule has 1 fully saturated rings. The molecule has 0 aliphatic carbocycles. The number of carbonyl (C=O) groups excluding carboxylic acids is 2. The van der Waals surface area contributed by atoms with Gasteiger partial charge in [-0.2, -0.15) is 0 Å². The Bertz CT molecular complexity index is 940. The fourth-order valence-electron chi connectivity index (χ4n) is 3.39. The minimum Gasteiger partial charge on any atom is -0.376 e. The third-order valence-electron chi connectivity index (χ3n) is 4.70. The topological polar surface area (TPSA) is 59.8 Å². The van der Waals surface area contributed by atoms with Gasteiger partial charge in [0.25, 0.3) is 11.7 Å². The highest BCUT2D eigenvalue weighted by Gasteiger charge is 2.25. The lowest BCUT2D eigenvalue weighted by atomic mass is 10.0. The van der Waals surface area contributed by atoms with Crippen LogP contribution in [0.2, 0.25) is 0 Å². The van der Waals surface area contributed by atoms with Gasteiger partial charge in [0, 0.05) is 30.4 Å².